The fourth-order valence-corrected chi connectivity index (χ4v) is 3.71. The van der Waals surface area contributed by atoms with Crippen LogP contribution in [0, 0.1) is 5.82 Å². The normalized spacial score (nSPS) is 24.1. The molecule has 2 fully saturated rings. The molecule has 21 heavy (non-hydrogen) atoms. The van der Waals surface area contributed by atoms with E-state index in [1.54, 1.807) is 0 Å². The van der Waals surface area contributed by atoms with Gasteiger partial charge in [-0.15, -0.1) is 0 Å². The van der Waals surface area contributed by atoms with Gasteiger partial charge < -0.3 is 10.6 Å². The summed E-state index contributed by atoms with van der Waals surface area (Å²) in [6.45, 7) is 1.59. The average Bonchev–Trinajstić information content (AvgIpc) is 3.18. The molecule has 1 heterocycles. The lowest BCUT2D eigenvalue weighted by Gasteiger charge is -2.30. The molecule has 0 aromatic heterocycles. The number of carbonyl (C=O) groups is 1. The zero-order chi connectivity index (χ0) is 14.7. The predicted octanol–water partition coefficient (Wildman–Crippen LogP) is 2.51. The minimum Gasteiger partial charge on any atom is -0.354 e. The Morgan fingerprint density at radius 1 is 1.24 bits per heavy atom. The van der Waals surface area contributed by atoms with Crippen molar-refractivity contribution >= 4 is 5.91 Å². The molecule has 2 aliphatic rings. The van der Waals surface area contributed by atoms with Crippen LogP contribution in [0.2, 0.25) is 0 Å². The lowest BCUT2D eigenvalue weighted by Crippen LogP contribution is -2.46. The van der Waals surface area contributed by atoms with Crippen molar-refractivity contribution in [1.29, 1.82) is 0 Å². The van der Waals surface area contributed by atoms with Crippen molar-refractivity contribution in [3.05, 3.63) is 35.6 Å². The Hall–Kier alpha value is -1.42. The van der Waals surface area contributed by atoms with Crippen LogP contribution < -0.4 is 10.6 Å². The smallest absolute Gasteiger partial charge is 0.237 e. The molecule has 1 aliphatic heterocycles. The molecule has 1 amide bonds. The Labute approximate surface area is 125 Å². The van der Waals surface area contributed by atoms with Crippen molar-refractivity contribution in [3.63, 3.8) is 0 Å². The van der Waals surface area contributed by atoms with Crippen LogP contribution in [0.4, 0.5) is 4.39 Å². The van der Waals surface area contributed by atoms with Crippen molar-refractivity contribution in [2.24, 2.45) is 0 Å². The maximum absolute atomic E-state index is 13.1. The molecule has 0 bridgehead atoms. The third-order valence-electron chi connectivity index (χ3n) is 5.00. The van der Waals surface area contributed by atoms with Crippen LogP contribution in [0.1, 0.15) is 44.1 Å². The first-order valence-corrected chi connectivity index (χ1v) is 7.97. The summed E-state index contributed by atoms with van der Waals surface area (Å²) < 4.78 is 13.1. The van der Waals surface area contributed by atoms with E-state index in [2.05, 4.69) is 10.6 Å². The van der Waals surface area contributed by atoms with Gasteiger partial charge in [0.2, 0.25) is 5.91 Å². The summed E-state index contributed by atoms with van der Waals surface area (Å²) in [7, 11) is 0. The molecule has 3 rings (SSSR count). The minimum atomic E-state index is -0.203. The quantitative estimate of drug-likeness (QED) is 0.894. The summed E-state index contributed by atoms with van der Waals surface area (Å²) in [4.78, 5) is 12.2. The van der Waals surface area contributed by atoms with Crippen LogP contribution in [0.25, 0.3) is 0 Å². The highest BCUT2D eigenvalue weighted by molar-refractivity contribution is 5.82. The first-order chi connectivity index (χ1) is 10.2. The third kappa shape index (κ3) is 3.10. The zero-order valence-corrected chi connectivity index (χ0v) is 12.3. The number of hydrogen-bond donors (Lipinski definition) is 2. The van der Waals surface area contributed by atoms with Gasteiger partial charge in [0.25, 0.3) is 0 Å². The molecule has 1 aliphatic carbocycles. The molecule has 1 aromatic carbocycles. The van der Waals surface area contributed by atoms with Gasteiger partial charge in [0, 0.05) is 12.0 Å². The van der Waals surface area contributed by atoms with E-state index in [0.717, 1.165) is 37.8 Å². The van der Waals surface area contributed by atoms with E-state index in [-0.39, 0.29) is 23.2 Å². The SMILES string of the molecule is O=C(NCC1(c2ccc(F)cc2)CCCC1)C1CCCN1. The summed E-state index contributed by atoms with van der Waals surface area (Å²) in [5.74, 6) is -0.0908. The Kier molecular flexibility index (Phi) is 4.24. The lowest BCUT2D eigenvalue weighted by molar-refractivity contribution is -0.123. The van der Waals surface area contributed by atoms with E-state index in [4.69, 9.17) is 0 Å². The number of carbonyl (C=O) groups excluding carboxylic acids is 1. The van der Waals surface area contributed by atoms with E-state index in [0.29, 0.717) is 6.54 Å². The molecule has 0 spiro atoms. The fourth-order valence-electron chi connectivity index (χ4n) is 3.71. The predicted molar refractivity (Wildman–Crippen MR) is 80.6 cm³/mol. The number of nitrogens with one attached hydrogen (secondary N) is 2. The second-order valence-electron chi connectivity index (χ2n) is 6.36. The number of benzene rings is 1. The van der Waals surface area contributed by atoms with Crippen molar-refractivity contribution in [1.82, 2.24) is 10.6 Å². The standard InChI is InChI=1S/C17H23FN2O/c18-14-7-5-13(6-8-14)17(9-1-2-10-17)12-20-16(21)15-4-3-11-19-15/h5-8,15,19H,1-4,9-12H2,(H,20,21). The van der Waals surface area contributed by atoms with Gasteiger partial charge in [-0.1, -0.05) is 25.0 Å². The second-order valence-corrected chi connectivity index (χ2v) is 6.36. The summed E-state index contributed by atoms with van der Waals surface area (Å²) in [6, 6.07) is 6.77. The molecular weight excluding hydrogens is 267 g/mol. The summed E-state index contributed by atoms with van der Waals surface area (Å²) >= 11 is 0. The van der Waals surface area contributed by atoms with E-state index in [1.165, 1.54) is 25.0 Å². The van der Waals surface area contributed by atoms with Gasteiger partial charge in [-0.2, -0.15) is 0 Å². The van der Waals surface area contributed by atoms with Crippen LogP contribution in [-0.4, -0.2) is 25.0 Å². The molecule has 2 N–H and O–H groups in total. The maximum Gasteiger partial charge on any atom is 0.237 e. The molecule has 1 saturated heterocycles. The molecule has 0 radical (unpaired) electrons. The molecule has 4 heteroatoms. The van der Waals surface area contributed by atoms with Gasteiger partial charge in [0.15, 0.2) is 0 Å². The van der Waals surface area contributed by atoms with Gasteiger partial charge in [-0.3, -0.25) is 4.79 Å². The first kappa shape index (κ1) is 14.5. The van der Waals surface area contributed by atoms with Crippen LogP contribution in [0.15, 0.2) is 24.3 Å². The molecule has 1 aromatic rings. The second kappa shape index (κ2) is 6.14. The van der Waals surface area contributed by atoms with E-state index in [9.17, 15) is 9.18 Å². The van der Waals surface area contributed by atoms with Crippen molar-refractivity contribution in [3.8, 4) is 0 Å². The minimum absolute atomic E-state index is 0.0119. The monoisotopic (exact) mass is 290 g/mol. The number of hydrogen-bond acceptors (Lipinski definition) is 2. The Balaban J connectivity index is 1.69. The number of rotatable bonds is 4. The first-order valence-electron chi connectivity index (χ1n) is 7.97. The largest absolute Gasteiger partial charge is 0.354 e. The Morgan fingerprint density at radius 2 is 1.95 bits per heavy atom. The van der Waals surface area contributed by atoms with Crippen molar-refractivity contribution in [2.75, 3.05) is 13.1 Å². The zero-order valence-electron chi connectivity index (χ0n) is 12.3. The number of halogens is 1. The average molecular weight is 290 g/mol. The molecule has 1 saturated carbocycles. The van der Waals surface area contributed by atoms with Crippen molar-refractivity contribution in [2.45, 2.75) is 50.0 Å². The molecule has 1 atom stereocenters. The lowest BCUT2D eigenvalue weighted by atomic mass is 9.78. The topological polar surface area (TPSA) is 41.1 Å². The number of amides is 1. The highest BCUT2D eigenvalue weighted by Crippen LogP contribution is 2.40. The van der Waals surface area contributed by atoms with E-state index < -0.39 is 0 Å². The molecule has 1 unspecified atom stereocenters. The molecular formula is C17H23FN2O. The van der Waals surface area contributed by atoms with E-state index in [1.807, 2.05) is 12.1 Å². The molecule has 114 valence electrons. The molecule has 3 nitrogen and oxygen atoms in total. The highest BCUT2D eigenvalue weighted by Gasteiger charge is 2.36. The summed E-state index contributed by atoms with van der Waals surface area (Å²) in [5.41, 5.74) is 1.14. The van der Waals surface area contributed by atoms with Gasteiger partial charge in [0.1, 0.15) is 5.82 Å². The summed E-state index contributed by atoms with van der Waals surface area (Å²) in [5, 5.41) is 6.36. The van der Waals surface area contributed by atoms with Crippen molar-refractivity contribution < 1.29 is 9.18 Å². The van der Waals surface area contributed by atoms with Gasteiger partial charge >= 0.3 is 0 Å². The van der Waals surface area contributed by atoms with Crippen LogP contribution in [0.5, 0.6) is 0 Å². The Morgan fingerprint density at radius 3 is 2.57 bits per heavy atom. The van der Waals surface area contributed by atoms with Crippen LogP contribution in [0.3, 0.4) is 0 Å². The Bertz CT molecular complexity index is 488. The van der Waals surface area contributed by atoms with Gasteiger partial charge in [-0.25, -0.2) is 4.39 Å². The van der Waals surface area contributed by atoms with Crippen LogP contribution in [-0.2, 0) is 10.2 Å². The fraction of sp³-hybridized carbons (Fsp3) is 0.588. The third-order valence-corrected chi connectivity index (χ3v) is 5.00. The maximum atomic E-state index is 13.1. The van der Waals surface area contributed by atoms with E-state index >= 15 is 0 Å². The van der Waals surface area contributed by atoms with Gasteiger partial charge in [-0.05, 0) is 49.9 Å². The van der Waals surface area contributed by atoms with Gasteiger partial charge in [0.05, 0.1) is 6.04 Å². The van der Waals surface area contributed by atoms with Crippen LogP contribution >= 0.6 is 0 Å². The highest BCUT2D eigenvalue weighted by atomic mass is 19.1. The summed E-state index contributed by atoms with van der Waals surface area (Å²) in [6.07, 6.45) is 6.48.